The lowest BCUT2D eigenvalue weighted by Gasteiger charge is -2.08. The van der Waals surface area contributed by atoms with Gasteiger partial charge in [-0.3, -0.25) is 14.2 Å². The molecule has 0 saturated heterocycles. The Balaban J connectivity index is 1.87. The minimum absolute atomic E-state index is 0.248. The highest BCUT2D eigenvalue weighted by atomic mass is 79.9. The third-order valence-corrected chi connectivity index (χ3v) is 5.63. The molecule has 3 rings (SSSR count). The van der Waals surface area contributed by atoms with Gasteiger partial charge in [0.25, 0.3) is 5.91 Å². The van der Waals surface area contributed by atoms with Gasteiger partial charge in [-0.2, -0.15) is 10.2 Å². The average Bonchev–Trinajstić information content (AvgIpc) is 3.01. The third kappa shape index (κ3) is 3.31. The quantitative estimate of drug-likeness (QED) is 0.702. The van der Waals surface area contributed by atoms with E-state index < -0.39 is 0 Å². The molecule has 0 fully saturated rings. The van der Waals surface area contributed by atoms with Gasteiger partial charge in [-0.15, -0.1) is 0 Å². The van der Waals surface area contributed by atoms with Crippen LogP contribution in [0.15, 0.2) is 28.7 Å². The Hall–Kier alpha value is -2.41. The number of amides is 1. The van der Waals surface area contributed by atoms with Crippen LogP contribution in [0.1, 0.15) is 38.7 Å². The number of benzene rings is 1. The smallest absolute Gasteiger partial charge is 0.277 e. The Kier molecular flexibility index (Phi) is 5.00. The molecule has 0 atom stereocenters. The van der Waals surface area contributed by atoms with Crippen LogP contribution in [0.3, 0.4) is 0 Å². The zero-order chi connectivity index (χ0) is 19.0. The molecule has 0 unspecified atom stereocenters. The first-order chi connectivity index (χ1) is 12.3. The van der Waals surface area contributed by atoms with Crippen molar-refractivity contribution in [3.05, 3.63) is 62.6 Å². The summed E-state index contributed by atoms with van der Waals surface area (Å²) in [5.41, 5.74) is 6.14. The van der Waals surface area contributed by atoms with Crippen molar-refractivity contribution >= 4 is 27.5 Å². The summed E-state index contributed by atoms with van der Waals surface area (Å²) >= 11 is 3.44. The van der Waals surface area contributed by atoms with Crippen LogP contribution in [0, 0.1) is 27.7 Å². The summed E-state index contributed by atoms with van der Waals surface area (Å²) in [6, 6.07) is 8.23. The van der Waals surface area contributed by atoms with Gasteiger partial charge in [-0.25, -0.2) is 0 Å². The van der Waals surface area contributed by atoms with Gasteiger partial charge in [0.1, 0.15) is 0 Å². The first-order valence-corrected chi connectivity index (χ1v) is 9.17. The molecule has 3 aromatic rings. The minimum atomic E-state index is -0.248. The van der Waals surface area contributed by atoms with E-state index in [4.69, 9.17) is 0 Å². The summed E-state index contributed by atoms with van der Waals surface area (Å²) in [5.74, 6) is -0.248. The van der Waals surface area contributed by atoms with Crippen LogP contribution in [-0.2, 0) is 13.6 Å². The molecule has 0 aliphatic rings. The van der Waals surface area contributed by atoms with Crippen molar-refractivity contribution < 1.29 is 4.79 Å². The van der Waals surface area contributed by atoms with E-state index in [0.717, 1.165) is 22.8 Å². The summed E-state index contributed by atoms with van der Waals surface area (Å²) in [4.78, 5) is 12.7. The van der Waals surface area contributed by atoms with Crippen molar-refractivity contribution in [1.82, 2.24) is 19.6 Å². The molecule has 6 nitrogen and oxygen atoms in total. The van der Waals surface area contributed by atoms with E-state index in [1.165, 1.54) is 11.1 Å². The summed E-state index contributed by atoms with van der Waals surface area (Å²) in [6.45, 7) is 8.53. The number of nitrogens with one attached hydrogen (secondary N) is 1. The van der Waals surface area contributed by atoms with Crippen molar-refractivity contribution in [3.63, 3.8) is 0 Å². The Labute approximate surface area is 161 Å². The molecule has 1 N–H and O–H groups in total. The van der Waals surface area contributed by atoms with Crippen molar-refractivity contribution in [3.8, 4) is 0 Å². The zero-order valence-electron chi connectivity index (χ0n) is 15.6. The first kappa shape index (κ1) is 18.4. The fraction of sp³-hybridized carbons (Fsp3) is 0.316. The van der Waals surface area contributed by atoms with Gasteiger partial charge >= 0.3 is 0 Å². The number of hydrogen-bond acceptors (Lipinski definition) is 3. The standard InChI is InChI=1S/C19H22BrN5O/c1-11-8-6-7-9-15(11)10-25-14(4)17(12(2)22-25)21-19(26)18-16(20)13(3)24(5)23-18/h6-9H,10H2,1-5H3,(H,21,26). The van der Waals surface area contributed by atoms with Gasteiger partial charge in [0.2, 0.25) is 0 Å². The molecular formula is C19H22BrN5O. The van der Waals surface area contributed by atoms with Gasteiger partial charge in [0, 0.05) is 7.05 Å². The zero-order valence-corrected chi connectivity index (χ0v) is 17.2. The number of anilines is 1. The van der Waals surface area contributed by atoms with Crippen LogP contribution >= 0.6 is 15.9 Å². The second kappa shape index (κ2) is 7.07. The largest absolute Gasteiger partial charge is 0.317 e. The Morgan fingerprint density at radius 3 is 2.42 bits per heavy atom. The lowest BCUT2D eigenvalue weighted by Crippen LogP contribution is -2.15. The Morgan fingerprint density at radius 2 is 1.81 bits per heavy atom. The van der Waals surface area contributed by atoms with E-state index in [1.54, 1.807) is 4.68 Å². The molecule has 26 heavy (non-hydrogen) atoms. The minimum Gasteiger partial charge on any atom is -0.317 e. The first-order valence-electron chi connectivity index (χ1n) is 8.38. The topological polar surface area (TPSA) is 64.7 Å². The number of rotatable bonds is 4. The number of halogens is 1. The number of aryl methyl sites for hydroxylation is 3. The highest BCUT2D eigenvalue weighted by Gasteiger charge is 2.21. The summed E-state index contributed by atoms with van der Waals surface area (Å²) < 4.78 is 4.31. The maximum atomic E-state index is 12.7. The molecule has 0 saturated carbocycles. The van der Waals surface area contributed by atoms with Crippen LogP contribution in [0.4, 0.5) is 5.69 Å². The molecule has 1 aromatic carbocycles. The highest BCUT2D eigenvalue weighted by Crippen LogP contribution is 2.25. The Morgan fingerprint density at radius 1 is 1.12 bits per heavy atom. The number of nitrogens with zero attached hydrogens (tertiary/aromatic N) is 4. The van der Waals surface area contributed by atoms with Crippen LogP contribution in [-0.4, -0.2) is 25.5 Å². The van der Waals surface area contributed by atoms with Gasteiger partial charge in [-0.1, -0.05) is 24.3 Å². The monoisotopic (exact) mass is 415 g/mol. The van der Waals surface area contributed by atoms with Crippen molar-refractivity contribution in [2.45, 2.75) is 34.2 Å². The van der Waals surface area contributed by atoms with Crippen molar-refractivity contribution in [2.24, 2.45) is 7.05 Å². The third-order valence-electron chi connectivity index (χ3n) is 4.68. The second-order valence-corrected chi connectivity index (χ2v) is 7.25. The van der Waals surface area contributed by atoms with E-state index in [1.807, 2.05) is 44.6 Å². The van der Waals surface area contributed by atoms with E-state index in [-0.39, 0.29) is 5.91 Å². The van der Waals surface area contributed by atoms with Crippen molar-refractivity contribution in [1.29, 1.82) is 0 Å². The number of aromatic nitrogens is 4. The van der Waals surface area contributed by atoms with Gasteiger partial charge in [-0.05, 0) is 54.8 Å². The molecule has 0 radical (unpaired) electrons. The number of carbonyl (C=O) groups is 1. The lowest BCUT2D eigenvalue weighted by atomic mass is 10.1. The predicted octanol–water partition coefficient (Wildman–Crippen LogP) is 3.91. The molecule has 0 spiro atoms. The fourth-order valence-electron chi connectivity index (χ4n) is 2.88. The molecule has 2 heterocycles. The SMILES string of the molecule is Cc1ccccc1Cn1nc(C)c(NC(=O)c2nn(C)c(C)c2Br)c1C. The molecule has 1 amide bonds. The molecule has 7 heteroatoms. The van der Waals surface area contributed by atoms with Crippen LogP contribution in [0.2, 0.25) is 0 Å². The van der Waals surface area contributed by atoms with E-state index in [2.05, 4.69) is 50.5 Å². The molecule has 0 aliphatic carbocycles. The number of hydrogen-bond donors (Lipinski definition) is 1. The van der Waals surface area contributed by atoms with E-state index in [0.29, 0.717) is 16.7 Å². The Bertz CT molecular complexity index is 986. The van der Waals surface area contributed by atoms with E-state index >= 15 is 0 Å². The fourth-order valence-corrected chi connectivity index (χ4v) is 3.40. The summed E-state index contributed by atoms with van der Waals surface area (Å²) in [6.07, 6.45) is 0. The van der Waals surface area contributed by atoms with Crippen LogP contribution in [0.5, 0.6) is 0 Å². The molecule has 0 aliphatic heterocycles. The lowest BCUT2D eigenvalue weighted by molar-refractivity contribution is 0.102. The van der Waals surface area contributed by atoms with Gasteiger partial charge in [0.05, 0.1) is 33.8 Å². The summed E-state index contributed by atoms with van der Waals surface area (Å²) in [7, 11) is 1.81. The average molecular weight is 416 g/mol. The van der Waals surface area contributed by atoms with Gasteiger partial charge in [0.15, 0.2) is 5.69 Å². The van der Waals surface area contributed by atoms with E-state index in [9.17, 15) is 4.79 Å². The predicted molar refractivity (Wildman–Crippen MR) is 106 cm³/mol. The van der Waals surface area contributed by atoms with Gasteiger partial charge < -0.3 is 5.32 Å². The second-order valence-electron chi connectivity index (χ2n) is 6.46. The molecule has 2 aromatic heterocycles. The maximum Gasteiger partial charge on any atom is 0.277 e. The van der Waals surface area contributed by atoms with Crippen LogP contribution in [0.25, 0.3) is 0 Å². The van der Waals surface area contributed by atoms with Crippen molar-refractivity contribution in [2.75, 3.05) is 5.32 Å². The highest BCUT2D eigenvalue weighted by molar-refractivity contribution is 9.10. The molecular weight excluding hydrogens is 394 g/mol. The molecule has 136 valence electrons. The number of carbonyl (C=O) groups excluding carboxylic acids is 1. The maximum absolute atomic E-state index is 12.7. The normalized spacial score (nSPS) is 11.0. The van der Waals surface area contributed by atoms with Crippen LogP contribution < -0.4 is 5.32 Å². The summed E-state index contributed by atoms with van der Waals surface area (Å²) in [5, 5.41) is 11.9. The molecule has 0 bridgehead atoms.